The number of nitrogens with two attached hydrogens (primary N) is 1. The molecule has 2 N–H and O–H groups in total. The lowest BCUT2D eigenvalue weighted by atomic mass is 10.1. The number of hydrogen-bond donors (Lipinski definition) is 1. The van der Waals surface area contributed by atoms with Crippen LogP contribution < -0.4 is 5.73 Å². The number of hydrogen-bond acceptors (Lipinski definition) is 7. The molecule has 1 aromatic heterocycles. The van der Waals surface area contributed by atoms with Gasteiger partial charge in [-0.15, -0.1) is 0 Å². The first-order valence-electron chi connectivity index (χ1n) is 6.87. The highest BCUT2D eigenvalue weighted by Gasteiger charge is 2.19. The quantitative estimate of drug-likeness (QED) is 0.514. The summed E-state index contributed by atoms with van der Waals surface area (Å²) in [5, 5.41) is -0.376. The van der Waals surface area contributed by atoms with Crippen LogP contribution in [-0.4, -0.2) is 30.0 Å². The minimum Gasteiger partial charge on any atom is -0.324 e. The van der Waals surface area contributed by atoms with Crippen LogP contribution in [0.2, 0.25) is 0 Å². The molecule has 20 heavy (non-hydrogen) atoms. The Kier molecular flexibility index (Phi) is 7.56. The lowest BCUT2D eigenvalue weighted by Gasteiger charge is -2.05. The molecule has 0 aromatic carbocycles. The SMILES string of the molecule is CCCCCCCCOS(=O)(=O)c1ncnc(CN)n1. The Morgan fingerprint density at radius 3 is 2.55 bits per heavy atom. The molecule has 7 nitrogen and oxygen atoms in total. The second-order valence-electron chi connectivity index (χ2n) is 4.43. The van der Waals surface area contributed by atoms with Gasteiger partial charge in [-0.1, -0.05) is 39.0 Å². The van der Waals surface area contributed by atoms with E-state index in [9.17, 15) is 8.42 Å². The average Bonchev–Trinajstić information content (AvgIpc) is 2.46. The smallest absolute Gasteiger partial charge is 0.324 e. The van der Waals surface area contributed by atoms with Crippen molar-refractivity contribution in [3.8, 4) is 0 Å². The Morgan fingerprint density at radius 2 is 1.85 bits per heavy atom. The summed E-state index contributed by atoms with van der Waals surface area (Å²) in [6.07, 6.45) is 7.46. The van der Waals surface area contributed by atoms with Crippen LogP contribution in [0.4, 0.5) is 0 Å². The minimum atomic E-state index is -3.91. The van der Waals surface area contributed by atoms with Crippen LogP contribution >= 0.6 is 0 Å². The molecule has 8 heteroatoms. The van der Waals surface area contributed by atoms with Crippen LogP contribution in [0, 0.1) is 0 Å². The molecule has 1 aromatic rings. The molecule has 0 unspecified atom stereocenters. The van der Waals surface area contributed by atoms with Crippen molar-refractivity contribution < 1.29 is 12.6 Å². The number of rotatable bonds is 10. The van der Waals surface area contributed by atoms with Gasteiger partial charge in [0.15, 0.2) is 0 Å². The van der Waals surface area contributed by atoms with Crippen molar-refractivity contribution in [2.24, 2.45) is 5.73 Å². The molecule has 0 spiro atoms. The van der Waals surface area contributed by atoms with Crippen LogP contribution in [0.15, 0.2) is 11.5 Å². The fourth-order valence-corrected chi connectivity index (χ4v) is 2.47. The summed E-state index contributed by atoms with van der Waals surface area (Å²) < 4.78 is 28.5. The van der Waals surface area contributed by atoms with Crippen molar-refractivity contribution in [3.63, 3.8) is 0 Å². The van der Waals surface area contributed by atoms with E-state index in [1.54, 1.807) is 0 Å². The Bertz CT molecular complexity index is 493. The fraction of sp³-hybridized carbons (Fsp3) is 0.750. The summed E-state index contributed by atoms with van der Waals surface area (Å²) in [7, 11) is -3.91. The van der Waals surface area contributed by atoms with Crippen molar-refractivity contribution in [1.29, 1.82) is 0 Å². The second kappa shape index (κ2) is 8.93. The molecule has 0 bridgehead atoms. The molecular formula is C12H22N4O3S. The van der Waals surface area contributed by atoms with Crippen LogP contribution in [0.5, 0.6) is 0 Å². The highest BCUT2D eigenvalue weighted by Crippen LogP contribution is 2.09. The summed E-state index contributed by atoms with van der Waals surface area (Å²) in [5.74, 6) is 0.224. The van der Waals surface area contributed by atoms with E-state index < -0.39 is 10.1 Å². The van der Waals surface area contributed by atoms with E-state index in [0.29, 0.717) is 6.42 Å². The predicted octanol–water partition coefficient (Wildman–Crippen LogP) is 1.40. The lowest BCUT2D eigenvalue weighted by molar-refractivity contribution is 0.302. The third kappa shape index (κ3) is 5.89. The molecule has 0 amide bonds. The van der Waals surface area contributed by atoms with Gasteiger partial charge in [-0.3, -0.25) is 4.18 Å². The van der Waals surface area contributed by atoms with Crippen molar-refractivity contribution in [2.75, 3.05) is 6.61 Å². The largest absolute Gasteiger partial charge is 0.333 e. The maximum Gasteiger partial charge on any atom is 0.333 e. The summed E-state index contributed by atoms with van der Waals surface area (Å²) in [5.41, 5.74) is 5.35. The zero-order valence-electron chi connectivity index (χ0n) is 11.8. The van der Waals surface area contributed by atoms with Gasteiger partial charge in [0.2, 0.25) is 0 Å². The van der Waals surface area contributed by atoms with Gasteiger partial charge in [-0.25, -0.2) is 9.97 Å². The van der Waals surface area contributed by atoms with E-state index in [0.717, 1.165) is 19.2 Å². The van der Waals surface area contributed by atoms with Gasteiger partial charge in [-0.05, 0) is 6.42 Å². The molecule has 0 atom stereocenters. The van der Waals surface area contributed by atoms with E-state index in [-0.39, 0.29) is 24.1 Å². The van der Waals surface area contributed by atoms with Gasteiger partial charge in [0, 0.05) is 0 Å². The summed E-state index contributed by atoms with van der Waals surface area (Å²) in [6.45, 7) is 2.36. The van der Waals surface area contributed by atoms with Crippen LogP contribution in [0.1, 0.15) is 51.3 Å². The average molecular weight is 302 g/mol. The van der Waals surface area contributed by atoms with Crippen LogP contribution in [-0.2, 0) is 20.8 Å². The first kappa shape index (κ1) is 16.9. The first-order valence-corrected chi connectivity index (χ1v) is 8.28. The molecule has 0 saturated carbocycles. The predicted molar refractivity (Wildman–Crippen MR) is 74.2 cm³/mol. The molecule has 0 fully saturated rings. The summed E-state index contributed by atoms with van der Waals surface area (Å²) in [4.78, 5) is 11.1. The Labute approximate surface area is 120 Å². The number of unbranched alkanes of at least 4 members (excludes halogenated alkanes) is 5. The highest BCUT2D eigenvalue weighted by molar-refractivity contribution is 7.86. The molecule has 0 radical (unpaired) electrons. The Morgan fingerprint density at radius 1 is 1.15 bits per heavy atom. The maximum absolute atomic E-state index is 11.8. The van der Waals surface area contributed by atoms with Gasteiger partial charge in [0.05, 0.1) is 13.2 Å². The molecule has 0 saturated heterocycles. The second-order valence-corrected chi connectivity index (χ2v) is 5.94. The topological polar surface area (TPSA) is 108 Å². The van der Waals surface area contributed by atoms with E-state index in [1.165, 1.54) is 19.3 Å². The summed E-state index contributed by atoms with van der Waals surface area (Å²) >= 11 is 0. The zero-order valence-corrected chi connectivity index (χ0v) is 12.6. The molecular weight excluding hydrogens is 280 g/mol. The number of aromatic nitrogens is 3. The third-order valence-electron chi connectivity index (χ3n) is 2.74. The molecule has 0 aliphatic heterocycles. The van der Waals surface area contributed by atoms with Gasteiger partial charge in [0.1, 0.15) is 12.2 Å². The van der Waals surface area contributed by atoms with Crippen molar-refractivity contribution in [2.45, 2.75) is 57.1 Å². The minimum absolute atomic E-state index is 0.0580. The van der Waals surface area contributed by atoms with E-state index in [1.807, 2.05) is 0 Å². The maximum atomic E-state index is 11.8. The van der Waals surface area contributed by atoms with E-state index >= 15 is 0 Å². The normalized spacial score (nSPS) is 11.7. The molecule has 0 aliphatic rings. The lowest BCUT2D eigenvalue weighted by Crippen LogP contribution is -2.14. The third-order valence-corrected chi connectivity index (χ3v) is 3.86. The van der Waals surface area contributed by atoms with Crippen molar-refractivity contribution in [3.05, 3.63) is 12.2 Å². The molecule has 1 rings (SSSR count). The van der Waals surface area contributed by atoms with Crippen LogP contribution in [0.3, 0.4) is 0 Å². The Hall–Kier alpha value is -1.12. The number of nitrogens with zero attached hydrogens (tertiary/aromatic N) is 3. The van der Waals surface area contributed by atoms with Crippen molar-refractivity contribution >= 4 is 10.1 Å². The Balaban J connectivity index is 2.37. The van der Waals surface area contributed by atoms with Gasteiger partial charge >= 0.3 is 10.1 Å². The molecule has 1 heterocycles. The van der Waals surface area contributed by atoms with E-state index in [4.69, 9.17) is 9.92 Å². The van der Waals surface area contributed by atoms with Crippen LogP contribution in [0.25, 0.3) is 0 Å². The molecule has 114 valence electrons. The highest BCUT2D eigenvalue weighted by atomic mass is 32.2. The fourth-order valence-electron chi connectivity index (χ4n) is 1.64. The van der Waals surface area contributed by atoms with E-state index in [2.05, 4.69) is 21.9 Å². The first-order chi connectivity index (χ1) is 9.60. The van der Waals surface area contributed by atoms with Gasteiger partial charge in [0.25, 0.3) is 5.16 Å². The van der Waals surface area contributed by atoms with Crippen molar-refractivity contribution in [1.82, 2.24) is 15.0 Å². The summed E-state index contributed by atoms with van der Waals surface area (Å²) in [6, 6.07) is 0. The standard InChI is InChI=1S/C12H22N4O3S/c1-2-3-4-5-6-7-8-19-20(17,18)12-15-10-14-11(9-13)16-12/h10H,2-9,13H2,1H3. The molecule has 0 aliphatic carbocycles. The van der Waals surface area contributed by atoms with Gasteiger partial charge < -0.3 is 5.73 Å². The zero-order chi connectivity index (χ0) is 14.8. The monoisotopic (exact) mass is 302 g/mol. The van der Waals surface area contributed by atoms with Gasteiger partial charge in [-0.2, -0.15) is 13.4 Å².